The number of fused-ring (bicyclic) bond motifs is 1. The number of benzene rings is 1. The van der Waals surface area contributed by atoms with Crippen LogP contribution in [0.4, 0.5) is 5.69 Å². The molecular weight excluding hydrogens is 258 g/mol. The van der Waals surface area contributed by atoms with Crippen molar-refractivity contribution in [3.05, 3.63) is 27.7 Å². The standard InChI is InChI=1S/C9H8Cl2N2O.ClH/c10-5-1-4-2-7(12)9(14)13-8(4)6(11)3-5;/h1,3,7H,2,12H2,(H,13,14);1H. The molecule has 0 aromatic heterocycles. The summed E-state index contributed by atoms with van der Waals surface area (Å²) in [5.41, 5.74) is 7.11. The molecule has 82 valence electrons. The molecule has 3 nitrogen and oxygen atoms in total. The van der Waals surface area contributed by atoms with Gasteiger partial charge in [-0.05, 0) is 24.1 Å². The molecule has 15 heavy (non-hydrogen) atoms. The van der Waals surface area contributed by atoms with Crippen molar-refractivity contribution < 1.29 is 4.79 Å². The molecule has 1 aromatic carbocycles. The highest BCUT2D eigenvalue weighted by atomic mass is 35.5. The Balaban J connectivity index is 0.00000112. The molecule has 1 aromatic rings. The summed E-state index contributed by atoms with van der Waals surface area (Å²) >= 11 is 11.7. The van der Waals surface area contributed by atoms with Gasteiger partial charge in [0.1, 0.15) is 0 Å². The fourth-order valence-electron chi connectivity index (χ4n) is 1.47. The van der Waals surface area contributed by atoms with E-state index in [-0.39, 0.29) is 18.3 Å². The molecule has 1 heterocycles. The Kier molecular flexibility index (Phi) is 3.84. The van der Waals surface area contributed by atoms with Crippen LogP contribution in [0, 0.1) is 0 Å². The third-order valence-electron chi connectivity index (χ3n) is 2.16. The first-order chi connectivity index (χ1) is 6.58. The van der Waals surface area contributed by atoms with Crippen LogP contribution in [0.15, 0.2) is 12.1 Å². The second-order valence-electron chi connectivity index (χ2n) is 3.22. The van der Waals surface area contributed by atoms with Gasteiger partial charge in [-0.25, -0.2) is 0 Å². The summed E-state index contributed by atoms with van der Waals surface area (Å²) in [7, 11) is 0. The number of hydrogen-bond acceptors (Lipinski definition) is 2. The molecule has 2 rings (SSSR count). The summed E-state index contributed by atoms with van der Waals surface area (Å²) in [6.45, 7) is 0. The van der Waals surface area contributed by atoms with Crippen molar-refractivity contribution in [3.8, 4) is 0 Å². The molecule has 1 aliphatic rings. The Labute approximate surface area is 103 Å². The number of nitrogens with two attached hydrogens (primary N) is 1. The maximum absolute atomic E-state index is 11.3. The van der Waals surface area contributed by atoms with Crippen LogP contribution in [0.5, 0.6) is 0 Å². The van der Waals surface area contributed by atoms with E-state index in [0.717, 1.165) is 5.56 Å². The summed E-state index contributed by atoms with van der Waals surface area (Å²) in [6, 6.07) is 2.85. The molecule has 0 aliphatic carbocycles. The molecule has 6 heteroatoms. The molecule has 3 N–H and O–H groups in total. The highest BCUT2D eigenvalue weighted by Gasteiger charge is 2.24. The second kappa shape index (κ2) is 4.58. The lowest BCUT2D eigenvalue weighted by atomic mass is 10.00. The summed E-state index contributed by atoms with van der Waals surface area (Å²) in [5, 5.41) is 3.66. The lowest BCUT2D eigenvalue weighted by Gasteiger charge is -2.22. The van der Waals surface area contributed by atoms with E-state index >= 15 is 0 Å². The molecular formula is C9H9Cl3N2O. The van der Waals surface area contributed by atoms with E-state index in [1.165, 1.54) is 0 Å². The van der Waals surface area contributed by atoms with Gasteiger partial charge in [-0.15, -0.1) is 12.4 Å². The van der Waals surface area contributed by atoms with E-state index in [0.29, 0.717) is 22.2 Å². The molecule has 1 unspecified atom stereocenters. The molecule has 1 aliphatic heterocycles. The van der Waals surface area contributed by atoms with Gasteiger partial charge in [0.05, 0.1) is 16.8 Å². The van der Waals surface area contributed by atoms with Gasteiger partial charge in [0.25, 0.3) is 0 Å². The molecule has 0 fully saturated rings. The number of carbonyl (C=O) groups is 1. The van der Waals surface area contributed by atoms with Gasteiger partial charge in [0.15, 0.2) is 0 Å². The Morgan fingerprint density at radius 2 is 2.07 bits per heavy atom. The molecule has 0 saturated carbocycles. The van der Waals surface area contributed by atoms with E-state index in [4.69, 9.17) is 28.9 Å². The van der Waals surface area contributed by atoms with Gasteiger partial charge < -0.3 is 11.1 Å². The minimum atomic E-state index is -0.517. The molecule has 0 radical (unpaired) electrons. The first-order valence-electron chi connectivity index (χ1n) is 4.12. The summed E-state index contributed by atoms with van der Waals surface area (Å²) < 4.78 is 0. The Hall–Kier alpha value is -0.480. The van der Waals surface area contributed by atoms with E-state index in [2.05, 4.69) is 5.32 Å². The quantitative estimate of drug-likeness (QED) is 0.757. The number of amides is 1. The maximum Gasteiger partial charge on any atom is 0.241 e. The van der Waals surface area contributed by atoms with Crippen molar-refractivity contribution in [2.45, 2.75) is 12.5 Å². The maximum atomic E-state index is 11.3. The minimum Gasteiger partial charge on any atom is -0.323 e. The van der Waals surface area contributed by atoms with Crippen LogP contribution in [0.25, 0.3) is 0 Å². The van der Waals surface area contributed by atoms with Crippen molar-refractivity contribution >= 4 is 47.2 Å². The van der Waals surface area contributed by atoms with E-state index in [1.54, 1.807) is 12.1 Å². The van der Waals surface area contributed by atoms with E-state index < -0.39 is 6.04 Å². The number of rotatable bonds is 0. The van der Waals surface area contributed by atoms with Gasteiger partial charge in [0.2, 0.25) is 5.91 Å². The monoisotopic (exact) mass is 266 g/mol. The van der Waals surface area contributed by atoms with Crippen LogP contribution in [0.1, 0.15) is 5.56 Å². The average Bonchev–Trinajstić information content (AvgIpc) is 2.08. The fourth-order valence-corrected chi connectivity index (χ4v) is 2.06. The van der Waals surface area contributed by atoms with Gasteiger partial charge in [-0.3, -0.25) is 4.79 Å². The Bertz CT molecular complexity index is 409. The van der Waals surface area contributed by atoms with Crippen molar-refractivity contribution in [2.24, 2.45) is 5.73 Å². The van der Waals surface area contributed by atoms with Gasteiger partial charge in [-0.2, -0.15) is 0 Å². The summed E-state index contributed by atoms with van der Waals surface area (Å²) in [6.07, 6.45) is 0.474. The first kappa shape index (κ1) is 12.6. The van der Waals surface area contributed by atoms with E-state index in [9.17, 15) is 4.79 Å². The lowest BCUT2D eigenvalue weighted by molar-refractivity contribution is -0.117. The molecule has 1 amide bonds. The van der Waals surface area contributed by atoms with Crippen LogP contribution >= 0.6 is 35.6 Å². The number of halogens is 3. The predicted octanol–water partition coefficient (Wildman–Crippen LogP) is 2.24. The number of anilines is 1. The normalized spacial score (nSPS) is 18.9. The molecule has 0 saturated heterocycles. The van der Waals surface area contributed by atoms with Crippen molar-refractivity contribution in [1.29, 1.82) is 0 Å². The Morgan fingerprint density at radius 3 is 2.73 bits per heavy atom. The number of carbonyl (C=O) groups excluding carboxylic acids is 1. The van der Waals surface area contributed by atoms with Gasteiger partial charge in [0, 0.05) is 5.02 Å². The van der Waals surface area contributed by atoms with Crippen LogP contribution in [0.2, 0.25) is 10.0 Å². The summed E-state index contributed by atoms with van der Waals surface area (Å²) in [4.78, 5) is 11.3. The average molecular weight is 268 g/mol. The minimum absolute atomic E-state index is 0. The van der Waals surface area contributed by atoms with Gasteiger partial charge in [-0.1, -0.05) is 23.2 Å². The first-order valence-corrected chi connectivity index (χ1v) is 4.88. The zero-order valence-corrected chi connectivity index (χ0v) is 9.92. The topological polar surface area (TPSA) is 55.1 Å². The smallest absolute Gasteiger partial charge is 0.241 e. The predicted molar refractivity (Wildman–Crippen MR) is 64.0 cm³/mol. The SMILES string of the molecule is Cl.NC1Cc2cc(Cl)cc(Cl)c2NC1=O. The fraction of sp³-hybridized carbons (Fsp3) is 0.222. The Morgan fingerprint density at radius 1 is 1.40 bits per heavy atom. The highest BCUT2D eigenvalue weighted by Crippen LogP contribution is 2.33. The second-order valence-corrected chi connectivity index (χ2v) is 4.07. The third kappa shape index (κ3) is 2.37. The molecule has 0 spiro atoms. The lowest BCUT2D eigenvalue weighted by Crippen LogP contribution is -2.41. The number of hydrogen-bond donors (Lipinski definition) is 2. The van der Waals surface area contributed by atoms with Crippen molar-refractivity contribution in [3.63, 3.8) is 0 Å². The molecule has 1 atom stereocenters. The molecule has 0 bridgehead atoms. The van der Waals surface area contributed by atoms with Crippen LogP contribution in [-0.4, -0.2) is 11.9 Å². The van der Waals surface area contributed by atoms with Crippen LogP contribution in [0.3, 0.4) is 0 Å². The zero-order valence-electron chi connectivity index (χ0n) is 7.59. The van der Waals surface area contributed by atoms with Gasteiger partial charge >= 0.3 is 0 Å². The van der Waals surface area contributed by atoms with Crippen LogP contribution in [-0.2, 0) is 11.2 Å². The van der Waals surface area contributed by atoms with Crippen molar-refractivity contribution in [2.75, 3.05) is 5.32 Å². The third-order valence-corrected chi connectivity index (χ3v) is 2.68. The largest absolute Gasteiger partial charge is 0.323 e. The number of nitrogens with one attached hydrogen (secondary N) is 1. The zero-order chi connectivity index (χ0) is 10.3. The van der Waals surface area contributed by atoms with Crippen LogP contribution < -0.4 is 11.1 Å². The highest BCUT2D eigenvalue weighted by molar-refractivity contribution is 6.37. The summed E-state index contributed by atoms with van der Waals surface area (Å²) in [5.74, 6) is -0.207. The van der Waals surface area contributed by atoms with E-state index in [1.807, 2.05) is 0 Å². The van der Waals surface area contributed by atoms with Crippen molar-refractivity contribution in [1.82, 2.24) is 0 Å².